The normalized spacial score (nSPS) is 19.3. The summed E-state index contributed by atoms with van der Waals surface area (Å²) in [5.41, 5.74) is 7.88. The molecule has 132 valence electrons. The van der Waals surface area contributed by atoms with Gasteiger partial charge in [-0.3, -0.25) is 4.99 Å². The molecule has 0 aliphatic carbocycles. The predicted molar refractivity (Wildman–Crippen MR) is 110 cm³/mol. The van der Waals surface area contributed by atoms with Crippen LogP contribution in [0.5, 0.6) is 0 Å². The Morgan fingerprint density at radius 3 is 2.52 bits per heavy atom. The number of aryl methyl sites for hydroxylation is 2. The molecule has 25 heavy (non-hydrogen) atoms. The van der Waals surface area contributed by atoms with Crippen LogP contribution >= 0.6 is 0 Å². The van der Waals surface area contributed by atoms with Crippen LogP contribution in [0, 0.1) is 6.92 Å². The van der Waals surface area contributed by atoms with E-state index in [0.717, 1.165) is 12.1 Å². The van der Waals surface area contributed by atoms with E-state index in [1.807, 2.05) is 6.21 Å². The van der Waals surface area contributed by atoms with Gasteiger partial charge in [-0.15, -0.1) is 0 Å². The maximum absolute atomic E-state index is 4.70. The molecular weight excluding hydrogens is 304 g/mol. The summed E-state index contributed by atoms with van der Waals surface area (Å²) in [4.78, 5) is 7.13. The summed E-state index contributed by atoms with van der Waals surface area (Å²) >= 11 is 0. The Kier molecular flexibility index (Phi) is 4.73. The summed E-state index contributed by atoms with van der Waals surface area (Å²) in [6, 6.07) is 13.2. The van der Waals surface area contributed by atoms with Gasteiger partial charge in [0.1, 0.15) is 0 Å². The van der Waals surface area contributed by atoms with Crippen molar-refractivity contribution in [2.45, 2.75) is 58.9 Å². The molecule has 0 aromatic heterocycles. The lowest BCUT2D eigenvalue weighted by Gasteiger charge is -2.45. The van der Waals surface area contributed by atoms with E-state index in [4.69, 9.17) is 4.99 Å². The average Bonchev–Trinajstić information content (AvgIpc) is 2.58. The zero-order valence-corrected chi connectivity index (χ0v) is 16.4. The third kappa shape index (κ3) is 3.49. The lowest BCUT2D eigenvalue weighted by Crippen LogP contribution is -2.45. The molecule has 0 unspecified atom stereocenters. The standard InChI is InChI=1S/C23H30N2/c1-7-18-8-10-20(11-9-18)24-15-19-13-21-17(3)14-23(4,5)25(6)22(21)12-16(19)2/h8-13,15,17H,7,14H2,1-6H3/t17-/m0/s1. The van der Waals surface area contributed by atoms with Crippen molar-refractivity contribution in [3.05, 3.63) is 58.7 Å². The first-order valence-corrected chi connectivity index (χ1v) is 9.33. The molecule has 2 aromatic carbocycles. The van der Waals surface area contributed by atoms with E-state index in [-0.39, 0.29) is 5.54 Å². The molecule has 0 radical (unpaired) electrons. The highest BCUT2D eigenvalue weighted by Crippen LogP contribution is 2.43. The number of nitrogens with zero attached hydrogens (tertiary/aromatic N) is 2. The molecule has 0 fully saturated rings. The minimum atomic E-state index is 0.204. The minimum Gasteiger partial charge on any atom is -0.369 e. The molecule has 1 aliphatic rings. The van der Waals surface area contributed by atoms with Gasteiger partial charge >= 0.3 is 0 Å². The van der Waals surface area contributed by atoms with Crippen molar-refractivity contribution in [1.82, 2.24) is 0 Å². The Balaban J connectivity index is 1.93. The molecule has 0 spiro atoms. The Labute approximate surface area is 152 Å². The summed E-state index contributed by atoms with van der Waals surface area (Å²) in [5, 5.41) is 0. The minimum absolute atomic E-state index is 0.204. The van der Waals surface area contributed by atoms with Gasteiger partial charge in [0.05, 0.1) is 5.69 Å². The van der Waals surface area contributed by atoms with Gasteiger partial charge in [-0.25, -0.2) is 0 Å². The quantitative estimate of drug-likeness (QED) is 0.626. The number of hydrogen-bond acceptors (Lipinski definition) is 2. The van der Waals surface area contributed by atoms with Crippen molar-refractivity contribution in [2.24, 2.45) is 4.99 Å². The molecule has 2 heteroatoms. The van der Waals surface area contributed by atoms with Crippen LogP contribution in [0.2, 0.25) is 0 Å². The highest BCUT2D eigenvalue weighted by Gasteiger charge is 2.34. The summed E-state index contributed by atoms with van der Waals surface area (Å²) in [5.74, 6) is 0.567. The Bertz CT molecular complexity index is 784. The summed E-state index contributed by atoms with van der Waals surface area (Å²) in [7, 11) is 2.22. The molecule has 3 rings (SSSR count). The molecule has 0 bridgehead atoms. The molecule has 0 saturated heterocycles. The third-order valence-corrected chi connectivity index (χ3v) is 5.72. The number of benzene rings is 2. The third-order valence-electron chi connectivity index (χ3n) is 5.72. The molecular formula is C23H30N2. The van der Waals surface area contributed by atoms with Crippen molar-refractivity contribution in [3.8, 4) is 0 Å². The van der Waals surface area contributed by atoms with Crippen molar-refractivity contribution in [3.63, 3.8) is 0 Å². The molecule has 1 heterocycles. The smallest absolute Gasteiger partial charge is 0.0630 e. The Morgan fingerprint density at radius 2 is 1.88 bits per heavy atom. The second-order valence-electron chi connectivity index (χ2n) is 8.02. The maximum Gasteiger partial charge on any atom is 0.0630 e. The molecule has 1 atom stereocenters. The van der Waals surface area contributed by atoms with Gasteiger partial charge in [0.15, 0.2) is 0 Å². The first-order valence-electron chi connectivity index (χ1n) is 9.33. The fourth-order valence-corrected chi connectivity index (χ4v) is 3.84. The van der Waals surface area contributed by atoms with Crippen molar-refractivity contribution >= 4 is 17.6 Å². The van der Waals surface area contributed by atoms with Crippen LogP contribution in [0.15, 0.2) is 41.4 Å². The summed E-state index contributed by atoms with van der Waals surface area (Å²) in [6.45, 7) is 11.4. The number of anilines is 1. The fourth-order valence-electron chi connectivity index (χ4n) is 3.84. The second-order valence-corrected chi connectivity index (χ2v) is 8.02. The second kappa shape index (κ2) is 6.67. The van der Waals surface area contributed by atoms with E-state index in [9.17, 15) is 0 Å². The maximum atomic E-state index is 4.70. The van der Waals surface area contributed by atoms with E-state index in [0.29, 0.717) is 5.92 Å². The number of aliphatic imine (C=N–C) groups is 1. The van der Waals surface area contributed by atoms with Crippen LogP contribution in [0.1, 0.15) is 62.3 Å². The molecule has 2 nitrogen and oxygen atoms in total. The predicted octanol–water partition coefficient (Wildman–Crippen LogP) is 6.03. The van der Waals surface area contributed by atoms with Gasteiger partial charge in [0.25, 0.3) is 0 Å². The van der Waals surface area contributed by atoms with E-state index >= 15 is 0 Å². The van der Waals surface area contributed by atoms with Crippen molar-refractivity contribution in [2.75, 3.05) is 11.9 Å². The van der Waals surface area contributed by atoms with Gasteiger partial charge in [-0.2, -0.15) is 0 Å². The van der Waals surface area contributed by atoms with Gasteiger partial charge in [0.2, 0.25) is 0 Å². The van der Waals surface area contributed by atoms with Crippen LogP contribution in [0.3, 0.4) is 0 Å². The largest absolute Gasteiger partial charge is 0.369 e. The lowest BCUT2D eigenvalue weighted by atomic mass is 9.79. The highest BCUT2D eigenvalue weighted by molar-refractivity contribution is 5.86. The van der Waals surface area contributed by atoms with Crippen LogP contribution in [-0.2, 0) is 6.42 Å². The topological polar surface area (TPSA) is 15.6 Å². The molecule has 0 saturated carbocycles. The van der Waals surface area contributed by atoms with Crippen molar-refractivity contribution < 1.29 is 0 Å². The Morgan fingerprint density at radius 1 is 1.20 bits per heavy atom. The van der Waals surface area contributed by atoms with Gasteiger partial charge < -0.3 is 4.90 Å². The van der Waals surface area contributed by atoms with E-state index in [1.165, 1.54) is 34.4 Å². The highest BCUT2D eigenvalue weighted by atomic mass is 15.2. The zero-order valence-electron chi connectivity index (χ0n) is 16.4. The van der Waals surface area contributed by atoms with Gasteiger partial charge in [-0.1, -0.05) is 26.0 Å². The SMILES string of the molecule is CCc1ccc(N=Cc2cc3c(cc2C)N(C)C(C)(C)C[C@@H]3C)cc1. The van der Waals surface area contributed by atoms with Crippen LogP contribution in [-0.4, -0.2) is 18.8 Å². The monoisotopic (exact) mass is 334 g/mol. The fraction of sp³-hybridized carbons (Fsp3) is 0.435. The number of hydrogen-bond donors (Lipinski definition) is 0. The van der Waals surface area contributed by atoms with Crippen molar-refractivity contribution in [1.29, 1.82) is 0 Å². The molecule has 1 aliphatic heterocycles. The lowest BCUT2D eigenvalue weighted by molar-refractivity contribution is 0.395. The van der Waals surface area contributed by atoms with Crippen LogP contribution < -0.4 is 4.90 Å². The van der Waals surface area contributed by atoms with E-state index in [2.05, 4.69) is 83.0 Å². The first-order chi connectivity index (χ1) is 11.8. The molecule has 2 aromatic rings. The summed E-state index contributed by atoms with van der Waals surface area (Å²) in [6.07, 6.45) is 4.26. The van der Waals surface area contributed by atoms with Gasteiger partial charge in [0, 0.05) is 24.5 Å². The molecule has 0 amide bonds. The first kappa shape index (κ1) is 17.7. The summed E-state index contributed by atoms with van der Waals surface area (Å²) < 4.78 is 0. The van der Waals surface area contributed by atoms with Gasteiger partial charge in [-0.05, 0) is 86.1 Å². The van der Waals surface area contributed by atoms with Crippen LogP contribution in [0.25, 0.3) is 0 Å². The Hall–Kier alpha value is -2.09. The van der Waals surface area contributed by atoms with E-state index in [1.54, 1.807) is 0 Å². The van der Waals surface area contributed by atoms with Crippen LogP contribution in [0.4, 0.5) is 11.4 Å². The number of fused-ring (bicyclic) bond motifs is 1. The molecule has 0 N–H and O–H groups in total. The average molecular weight is 335 g/mol. The zero-order chi connectivity index (χ0) is 18.2. The number of rotatable bonds is 3. The van der Waals surface area contributed by atoms with E-state index < -0.39 is 0 Å².